The lowest BCUT2D eigenvalue weighted by molar-refractivity contribution is 0.365. The van der Waals surface area contributed by atoms with Gasteiger partial charge in [0.2, 0.25) is 0 Å². The summed E-state index contributed by atoms with van der Waals surface area (Å²) in [5, 5.41) is 0. The number of aliphatic imine (C=N–C) groups is 1. The summed E-state index contributed by atoms with van der Waals surface area (Å²) in [7, 11) is 0. The molecular formula is C12H17FN4. The van der Waals surface area contributed by atoms with E-state index in [0.717, 1.165) is 12.8 Å². The van der Waals surface area contributed by atoms with E-state index in [1.165, 1.54) is 0 Å². The fourth-order valence-corrected chi connectivity index (χ4v) is 2.06. The number of fused-ring (bicyclic) bond motifs is 1. The molecule has 1 aliphatic rings. The van der Waals surface area contributed by atoms with E-state index in [1.54, 1.807) is 0 Å². The van der Waals surface area contributed by atoms with Crippen LogP contribution in [0.2, 0.25) is 0 Å². The molecular weight excluding hydrogens is 219 g/mol. The lowest BCUT2D eigenvalue weighted by Gasteiger charge is -2.18. The Hall–Kier alpha value is -1.52. The number of hydrogen-bond acceptors (Lipinski definition) is 4. The van der Waals surface area contributed by atoms with Gasteiger partial charge in [0.25, 0.3) is 0 Å². The van der Waals surface area contributed by atoms with Crippen LogP contribution in [0.4, 0.5) is 15.9 Å². The fourth-order valence-electron chi connectivity index (χ4n) is 2.06. The van der Waals surface area contributed by atoms with E-state index in [0.29, 0.717) is 29.6 Å². The van der Waals surface area contributed by atoms with E-state index < -0.39 is 6.08 Å². The minimum Gasteiger partial charge on any atom is -0.382 e. The molecule has 0 fully saturated rings. The van der Waals surface area contributed by atoms with Gasteiger partial charge in [-0.05, 0) is 31.1 Å². The Kier molecular flexibility index (Phi) is 3.36. The predicted molar refractivity (Wildman–Crippen MR) is 65.8 cm³/mol. The zero-order valence-electron chi connectivity index (χ0n) is 10.2. The Balaban J connectivity index is 2.44. The van der Waals surface area contributed by atoms with E-state index in [1.807, 2.05) is 6.21 Å². The van der Waals surface area contributed by atoms with Crippen LogP contribution < -0.4 is 5.73 Å². The minimum absolute atomic E-state index is 0.130. The molecule has 2 rings (SSSR count). The molecule has 4 nitrogen and oxygen atoms in total. The average Bonchev–Trinajstić information content (AvgIpc) is 2.31. The van der Waals surface area contributed by atoms with Gasteiger partial charge < -0.3 is 5.73 Å². The van der Waals surface area contributed by atoms with Gasteiger partial charge in [0.05, 0.1) is 5.69 Å². The number of rotatable bonds is 0. The standard InChI is InChI=1S/C12H17FN4/c1-7-4-3-5-15-10-9(6-8(7)2)16-12(13)17-11(10)14/h5,7-8H,3-4,6H2,1-2H3,(H2,14,16,17)/t7-,8?/m1/s1. The molecule has 1 aromatic rings. The molecule has 0 bridgehead atoms. The fraction of sp³-hybridized carbons (Fsp3) is 0.583. The van der Waals surface area contributed by atoms with Crippen molar-refractivity contribution >= 4 is 17.7 Å². The normalized spacial score (nSPS) is 24.6. The zero-order chi connectivity index (χ0) is 12.4. The first-order valence-electron chi connectivity index (χ1n) is 5.92. The number of aromatic nitrogens is 2. The molecule has 0 saturated carbocycles. The van der Waals surface area contributed by atoms with Crippen molar-refractivity contribution in [1.29, 1.82) is 0 Å². The summed E-state index contributed by atoms with van der Waals surface area (Å²) in [6.07, 6.45) is 3.73. The summed E-state index contributed by atoms with van der Waals surface area (Å²) >= 11 is 0. The van der Waals surface area contributed by atoms with Crippen LogP contribution in [0.3, 0.4) is 0 Å². The second-order valence-corrected chi connectivity index (χ2v) is 4.72. The topological polar surface area (TPSA) is 64.2 Å². The Labute approximate surface area is 100 Å². The number of halogens is 1. The molecule has 0 aliphatic carbocycles. The van der Waals surface area contributed by atoms with Crippen LogP contribution in [-0.2, 0) is 6.42 Å². The predicted octanol–water partition coefficient (Wildman–Crippen LogP) is 2.51. The highest BCUT2D eigenvalue weighted by Gasteiger charge is 2.19. The smallest absolute Gasteiger partial charge is 0.310 e. The third-order valence-electron chi connectivity index (χ3n) is 3.41. The van der Waals surface area contributed by atoms with Gasteiger partial charge in [-0.25, -0.2) is 4.98 Å². The summed E-state index contributed by atoms with van der Waals surface area (Å²) in [5.41, 5.74) is 6.84. The van der Waals surface area contributed by atoms with E-state index in [4.69, 9.17) is 5.73 Å². The largest absolute Gasteiger partial charge is 0.382 e. The van der Waals surface area contributed by atoms with Crippen molar-refractivity contribution in [1.82, 2.24) is 9.97 Å². The van der Waals surface area contributed by atoms with E-state index in [2.05, 4.69) is 28.8 Å². The van der Waals surface area contributed by atoms with Gasteiger partial charge in [-0.3, -0.25) is 4.99 Å². The van der Waals surface area contributed by atoms with Crippen LogP contribution in [0.15, 0.2) is 4.99 Å². The number of anilines is 1. The summed E-state index contributed by atoms with van der Waals surface area (Å²) < 4.78 is 13.2. The van der Waals surface area contributed by atoms with E-state index in [-0.39, 0.29) is 5.82 Å². The van der Waals surface area contributed by atoms with Crippen molar-refractivity contribution in [2.75, 3.05) is 5.73 Å². The van der Waals surface area contributed by atoms with Gasteiger partial charge in [-0.2, -0.15) is 9.37 Å². The number of hydrogen-bond donors (Lipinski definition) is 1. The maximum atomic E-state index is 13.2. The summed E-state index contributed by atoms with van der Waals surface area (Å²) in [6, 6.07) is 0. The van der Waals surface area contributed by atoms with Crippen LogP contribution in [-0.4, -0.2) is 16.2 Å². The molecule has 0 amide bonds. The van der Waals surface area contributed by atoms with Crippen molar-refractivity contribution < 1.29 is 4.39 Å². The highest BCUT2D eigenvalue weighted by atomic mass is 19.1. The SMILES string of the molecule is CC1Cc2nc(F)nc(N)c2N=CCC[C@H]1C. The molecule has 1 aromatic heterocycles. The lowest BCUT2D eigenvalue weighted by atomic mass is 9.88. The van der Waals surface area contributed by atoms with E-state index in [9.17, 15) is 4.39 Å². The average molecular weight is 236 g/mol. The lowest BCUT2D eigenvalue weighted by Crippen LogP contribution is -2.13. The number of nitrogen functional groups attached to an aromatic ring is 1. The van der Waals surface area contributed by atoms with Crippen LogP contribution in [0, 0.1) is 17.9 Å². The molecule has 2 atom stereocenters. The maximum Gasteiger partial charge on any atom is 0.310 e. The summed E-state index contributed by atoms with van der Waals surface area (Å²) in [6.45, 7) is 4.35. The van der Waals surface area contributed by atoms with Crippen molar-refractivity contribution in [3.63, 3.8) is 0 Å². The molecule has 92 valence electrons. The molecule has 5 heteroatoms. The molecule has 2 N–H and O–H groups in total. The monoisotopic (exact) mass is 236 g/mol. The third kappa shape index (κ3) is 2.60. The van der Waals surface area contributed by atoms with Gasteiger partial charge in [0.1, 0.15) is 5.69 Å². The van der Waals surface area contributed by atoms with Gasteiger partial charge >= 0.3 is 6.08 Å². The van der Waals surface area contributed by atoms with Crippen LogP contribution in [0.1, 0.15) is 32.4 Å². The van der Waals surface area contributed by atoms with Crippen LogP contribution >= 0.6 is 0 Å². The van der Waals surface area contributed by atoms with Gasteiger partial charge in [-0.15, -0.1) is 0 Å². The number of nitrogens with zero attached hydrogens (tertiary/aromatic N) is 3. The molecule has 2 heterocycles. The second kappa shape index (κ2) is 4.77. The molecule has 1 unspecified atom stereocenters. The Morgan fingerprint density at radius 1 is 1.29 bits per heavy atom. The van der Waals surface area contributed by atoms with Crippen molar-refractivity contribution in [2.45, 2.75) is 33.1 Å². The second-order valence-electron chi connectivity index (χ2n) is 4.72. The quantitative estimate of drug-likeness (QED) is 0.704. The Bertz CT molecular complexity index is 444. The van der Waals surface area contributed by atoms with Gasteiger partial charge in [-0.1, -0.05) is 13.8 Å². The number of nitrogens with two attached hydrogens (primary N) is 1. The van der Waals surface area contributed by atoms with Crippen molar-refractivity contribution in [3.8, 4) is 0 Å². The Morgan fingerprint density at radius 2 is 2.06 bits per heavy atom. The Morgan fingerprint density at radius 3 is 2.82 bits per heavy atom. The van der Waals surface area contributed by atoms with Gasteiger partial charge in [0, 0.05) is 6.21 Å². The maximum absolute atomic E-state index is 13.2. The summed E-state index contributed by atoms with van der Waals surface area (Å²) in [4.78, 5) is 11.6. The van der Waals surface area contributed by atoms with Crippen LogP contribution in [0.5, 0.6) is 0 Å². The van der Waals surface area contributed by atoms with Crippen LogP contribution in [0.25, 0.3) is 0 Å². The van der Waals surface area contributed by atoms with E-state index >= 15 is 0 Å². The molecule has 1 aliphatic heterocycles. The highest BCUT2D eigenvalue weighted by molar-refractivity contribution is 5.70. The first kappa shape index (κ1) is 12.0. The first-order valence-corrected chi connectivity index (χ1v) is 5.92. The zero-order valence-corrected chi connectivity index (χ0v) is 10.2. The first-order chi connectivity index (χ1) is 8.08. The molecule has 0 spiro atoms. The molecule has 0 saturated heterocycles. The molecule has 0 aromatic carbocycles. The third-order valence-corrected chi connectivity index (χ3v) is 3.41. The summed E-state index contributed by atoms with van der Waals surface area (Å²) in [5.74, 6) is 1.13. The molecule has 17 heavy (non-hydrogen) atoms. The van der Waals surface area contributed by atoms with Crippen molar-refractivity contribution in [3.05, 3.63) is 11.8 Å². The van der Waals surface area contributed by atoms with Crippen molar-refractivity contribution in [2.24, 2.45) is 16.8 Å². The minimum atomic E-state index is -0.768. The van der Waals surface area contributed by atoms with Gasteiger partial charge in [0.15, 0.2) is 5.82 Å². The highest BCUT2D eigenvalue weighted by Crippen LogP contribution is 2.30. The molecule has 0 radical (unpaired) electrons.